The lowest BCUT2D eigenvalue weighted by molar-refractivity contribution is -0.154. The lowest BCUT2D eigenvalue weighted by atomic mass is 10.1. The van der Waals surface area contributed by atoms with Crippen LogP contribution < -0.4 is 0 Å². The number of sulfonamides is 1. The zero-order chi connectivity index (χ0) is 27.1. The van der Waals surface area contributed by atoms with Crippen LogP contribution in [0.25, 0.3) is 0 Å². The molecule has 0 aliphatic rings. The Hall–Kier alpha value is -2.83. The van der Waals surface area contributed by atoms with Gasteiger partial charge in [-0.3, -0.25) is 4.79 Å². The van der Waals surface area contributed by atoms with Crippen LogP contribution in [0.15, 0.2) is 40.6 Å². The van der Waals surface area contributed by atoms with E-state index in [-0.39, 0.29) is 4.21 Å². The number of amides is 1. The molecular weight excluding hydrogens is 498 g/mol. The van der Waals surface area contributed by atoms with E-state index in [2.05, 4.69) is 18.8 Å². The number of esters is 1. The number of hydrogen-bond donors (Lipinski definition) is 0. The van der Waals surface area contributed by atoms with E-state index in [0.29, 0.717) is 9.18 Å². The Morgan fingerprint density at radius 3 is 2.08 bits per heavy atom. The van der Waals surface area contributed by atoms with E-state index in [0.717, 1.165) is 36.2 Å². The standard InChI is InChI=1S/C27H35NO6S2/c1-8-9-10-20-11-13-21(14-12-20)15-16-22-17-18-24(35-22)36(31,32)28(25(30)34-27(5,6)7)19-23(29)33-26(2,3)4/h11-14,17-18H,8-10,19H2,1-7H3. The zero-order valence-corrected chi connectivity index (χ0v) is 23.6. The van der Waals surface area contributed by atoms with Gasteiger partial charge in [-0.2, -0.15) is 12.7 Å². The van der Waals surface area contributed by atoms with Crippen molar-refractivity contribution < 1.29 is 27.5 Å². The summed E-state index contributed by atoms with van der Waals surface area (Å²) < 4.78 is 37.5. The number of benzene rings is 1. The fraction of sp³-hybridized carbons (Fsp3) is 0.481. The van der Waals surface area contributed by atoms with Crippen molar-refractivity contribution in [1.29, 1.82) is 0 Å². The van der Waals surface area contributed by atoms with E-state index >= 15 is 0 Å². The van der Waals surface area contributed by atoms with E-state index in [9.17, 15) is 18.0 Å². The molecular formula is C27H35NO6S2. The van der Waals surface area contributed by atoms with Crippen LogP contribution in [0.4, 0.5) is 4.79 Å². The molecule has 1 amide bonds. The largest absolute Gasteiger partial charge is 0.459 e. The Kier molecular flexibility index (Phi) is 9.75. The van der Waals surface area contributed by atoms with Gasteiger partial charge in [-0.1, -0.05) is 37.3 Å². The summed E-state index contributed by atoms with van der Waals surface area (Å²) >= 11 is 0.914. The van der Waals surface area contributed by atoms with Crippen molar-refractivity contribution in [3.05, 3.63) is 52.4 Å². The zero-order valence-electron chi connectivity index (χ0n) is 22.0. The minimum Gasteiger partial charge on any atom is -0.459 e. The fourth-order valence-electron chi connectivity index (χ4n) is 2.96. The highest BCUT2D eigenvalue weighted by Gasteiger charge is 2.37. The average molecular weight is 534 g/mol. The molecule has 0 saturated carbocycles. The second-order valence-corrected chi connectivity index (χ2v) is 13.4. The summed E-state index contributed by atoms with van der Waals surface area (Å²) in [5.41, 5.74) is 0.254. The summed E-state index contributed by atoms with van der Waals surface area (Å²) in [7, 11) is -4.39. The smallest absolute Gasteiger partial charge is 0.424 e. The monoisotopic (exact) mass is 533 g/mol. The van der Waals surface area contributed by atoms with Gasteiger partial charge >= 0.3 is 12.1 Å². The first-order valence-corrected chi connectivity index (χ1v) is 14.0. The number of ether oxygens (including phenoxy) is 2. The van der Waals surface area contributed by atoms with Gasteiger partial charge < -0.3 is 9.47 Å². The molecule has 0 atom stereocenters. The second kappa shape index (κ2) is 11.9. The van der Waals surface area contributed by atoms with Crippen molar-refractivity contribution in [2.75, 3.05) is 6.54 Å². The molecule has 1 aromatic heterocycles. The summed E-state index contributed by atoms with van der Waals surface area (Å²) in [6, 6.07) is 10.9. The van der Waals surface area contributed by atoms with Crippen LogP contribution in [0.2, 0.25) is 0 Å². The molecule has 0 unspecified atom stereocenters. The molecule has 2 rings (SSSR count). The number of carbonyl (C=O) groups is 2. The van der Waals surface area contributed by atoms with Crippen LogP contribution in [0.5, 0.6) is 0 Å². The summed E-state index contributed by atoms with van der Waals surface area (Å²) in [4.78, 5) is 25.7. The number of thiophene rings is 1. The highest BCUT2D eigenvalue weighted by Crippen LogP contribution is 2.26. The molecule has 196 valence electrons. The maximum Gasteiger partial charge on any atom is 0.424 e. The Labute approximate surface area is 218 Å². The number of unbranched alkanes of at least 4 members (excludes halogenated alkanes) is 1. The van der Waals surface area contributed by atoms with Crippen molar-refractivity contribution in [3.8, 4) is 11.8 Å². The van der Waals surface area contributed by atoms with Gasteiger partial charge in [0.05, 0.1) is 4.88 Å². The Balaban J connectivity index is 2.28. The maximum absolute atomic E-state index is 13.4. The van der Waals surface area contributed by atoms with Crippen LogP contribution in [0, 0.1) is 11.8 Å². The summed E-state index contributed by atoms with van der Waals surface area (Å²) in [6.07, 6.45) is 2.13. The third kappa shape index (κ3) is 9.32. The quantitative estimate of drug-likeness (QED) is 0.332. The third-order valence-corrected chi connectivity index (χ3v) is 7.70. The van der Waals surface area contributed by atoms with Gasteiger partial charge in [-0.15, -0.1) is 11.3 Å². The van der Waals surface area contributed by atoms with Crippen molar-refractivity contribution >= 4 is 33.4 Å². The van der Waals surface area contributed by atoms with E-state index in [1.165, 1.54) is 11.6 Å². The molecule has 0 fully saturated rings. The van der Waals surface area contributed by atoms with Crippen LogP contribution >= 0.6 is 11.3 Å². The van der Waals surface area contributed by atoms with Gasteiger partial charge in [0.1, 0.15) is 22.0 Å². The molecule has 9 heteroatoms. The van der Waals surface area contributed by atoms with Crippen LogP contribution in [0.3, 0.4) is 0 Å². The molecule has 1 aromatic carbocycles. The average Bonchev–Trinajstić information content (AvgIpc) is 3.23. The Bertz CT molecular complexity index is 1220. The number of rotatable bonds is 7. The highest BCUT2D eigenvalue weighted by atomic mass is 32.2. The van der Waals surface area contributed by atoms with Crippen LogP contribution in [0.1, 0.15) is 77.3 Å². The molecule has 1 heterocycles. The van der Waals surface area contributed by atoms with Gasteiger partial charge in [0.15, 0.2) is 0 Å². The van der Waals surface area contributed by atoms with E-state index < -0.39 is 39.8 Å². The fourth-order valence-corrected chi connectivity index (χ4v) is 5.47. The van der Waals surface area contributed by atoms with Crippen LogP contribution in [-0.2, 0) is 30.7 Å². The van der Waals surface area contributed by atoms with E-state index in [1.54, 1.807) is 47.6 Å². The van der Waals surface area contributed by atoms with Gasteiger partial charge in [0, 0.05) is 5.56 Å². The van der Waals surface area contributed by atoms with Crippen LogP contribution in [-0.4, -0.2) is 42.5 Å². The van der Waals surface area contributed by atoms with Gasteiger partial charge in [0.2, 0.25) is 0 Å². The molecule has 0 aliphatic heterocycles. The van der Waals surface area contributed by atoms with Crippen molar-refractivity contribution in [3.63, 3.8) is 0 Å². The van der Waals surface area contributed by atoms with Gasteiger partial charge in [-0.25, -0.2) is 4.79 Å². The molecule has 0 spiro atoms. The number of hydrogen-bond acceptors (Lipinski definition) is 7. The first kappa shape index (κ1) is 29.4. The molecule has 0 N–H and O–H groups in total. The normalized spacial score (nSPS) is 11.9. The molecule has 2 aromatic rings. The highest BCUT2D eigenvalue weighted by molar-refractivity contribution is 7.91. The number of nitrogens with zero attached hydrogens (tertiary/aromatic N) is 1. The Morgan fingerprint density at radius 2 is 1.53 bits per heavy atom. The predicted octanol–water partition coefficient (Wildman–Crippen LogP) is 5.76. The lowest BCUT2D eigenvalue weighted by Gasteiger charge is -2.27. The summed E-state index contributed by atoms with van der Waals surface area (Å²) in [6.45, 7) is 11.1. The Morgan fingerprint density at radius 1 is 0.917 bits per heavy atom. The van der Waals surface area contributed by atoms with Crippen molar-refractivity contribution in [2.45, 2.75) is 83.1 Å². The molecule has 36 heavy (non-hydrogen) atoms. The SMILES string of the molecule is CCCCc1ccc(C#Cc2ccc(S(=O)(=O)N(CC(=O)OC(C)(C)C)C(=O)OC(C)(C)C)s2)cc1. The number of carbonyl (C=O) groups excluding carboxylic acids is 2. The first-order valence-electron chi connectivity index (χ1n) is 11.8. The van der Waals surface area contributed by atoms with E-state index in [4.69, 9.17) is 9.47 Å². The first-order chi connectivity index (χ1) is 16.6. The van der Waals surface area contributed by atoms with Gasteiger partial charge in [-0.05, 0) is 84.2 Å². The third-order valence-electron chi connectivity index (χ3n) is 4.52. The number of aryl methyl sites for hydroxylation is 1. The maximum atomic E-state index is 13.4. The second-order valence-electron chi connectivity index (χ2n) is 10.2. The predicted molar refractivity (Wildman–Crippen MR) is 141 cm³/mol. The molecule has 0 aliphatic carbocycles. The topological polar surface area (TPSA) is 90.0 Å². The van der Waals surface area contributed by atoms with Gasteiger partial charge in [0.25, 0.3) is 10.0 Å². The van der Waals surface area contributed by atoms with Crippen molar-refractivity contribution in [1.82, 2.24) is 4.31 Å². The van der Waals surface area contributed by atoms with E-state index in [1.807, 2.05) is 24.3 Å². The lowest BCUT2D eigenvalue weighted by Crippen LogP contribution is -2.44. The molecule has 0 radical (unpaired) electrons. The molecule has 0 bridgehead atoms. The summed E-state index contributed by atoms with van der Waals surface area (Å²) in [5, 5.41) is 0. The molecule has 0 saturated heterocycles. The summed E-state index contributed by atoms with van der Waals surface area (Å²) in [5.74, 6) is 5.14. The molecule has 7 nitrogen and oxygen atoms in total. The van der Waals surface area contributed by atoms with Crippen molar-refractivity contribution in [2.24, 2.45) is 0 Å². The minimum atomic E-state index is -4.39. The minimum absolute atomic E-state index is 0.129.